The third-order valence-electron chi connectivity index (χ3n) is 6.07. The second-order valence-electron chi connectivity index (χ2n) is 8.91. The van der Waals surface area contributed by atoms with E-state index in [-0.39, 0.29) is 0 Å². The number of benzene rings is 3. The largest absolute Gasteiger partial charge is 0.457 e. The molecule has 4 rings (SSSR count). The highest BCUT2D eigenvalue weighted by atomic mass is 16.5. The van der Waals surface area contributed by atoms with E-state index in [0.29, 0.717) is 5.96 Å². The Labute approximate surface area is 197 Å². The maximum Gasteiger partial charge on any atom is 0.196 e. The maximum absolute atomic E-state index is 6.20. The highest BCUT2D eigenvalue weighted by Gasteiger charge is 2.17. The molecule has 1 aliphatic heterocycles. The molecule has 172 valence electrons. The van der Waals surface area contributed by atoms with E-state index in [0.717, 1.165) is 55.3 Å². The Bertz CT molecular complexity index is 1150. The van der Waals surface area contributed by atoms with Crippen LogP contribution in [0.15, 0.2) is 59.6 Å². The molecule has 3 N–H and O–H groups in total. The molecule has 0 aliphatic carbocycles. The first-order valence-corrected chi connectivity index (χ1v) is 11.7. The summed E-state index contributed by atoms with van der Waals surface area (Å²) in [6.45, 7) is 12.0. The number of nitrogens with two attached hydrogens (primary N) is 1. The summed E-state index contributed by atoms with van der Waals surface area (Å²) >= 11 is 0. The highest BCUT2D eigenvalue weighted by molar-refractivity contribution is 5.83. The van der Waals surface area contributed by atoms with Gasteiger partial charge in [0.25, 0.3) is 0 Å². The summed E-state index contributed by atoms with van der Waals surface area (Å²) in [7, 11) is 0. The second-order valence-corrected chi connectivity index (χ2v) is 8.91. The molecular formula is C28H34N4O. The van der Waals surface area contributed by atoms with Gasteiger partial charge in [-0.15, -0.1) is 0 Å². The van der Waals surface area contributed by atoms with Crippen LogP contribution in [0.1, 0.15) is 46.7 Å². The number of hydrogen-bond donors (Lipinski definition) is 2. The average Bonchev–Trinajstić information content (AvgIpc) is 2.77. The van der Waals surface area contributed by atoms with Gasteiger partial charge in [0.2, 0.25) is 0 Å². The van der Waals surface area contributed by atoms with Crippen LogP contribution < -0.4 is 15.8 Å². The van der Waals surface area contributed by atoms with Gasteiger partial charge in [-0.25, -0.2) is 4.99 Å². The normalized spacial score (nSPS) is 13.0. The van der Waals surface area contributed by atoms with Crippen molar-refractivity contribution >= 4 is 11.6 Å². The van der Waals surface area contributed by atoms with Crippen molar-refractivity contribution in [2.45, 2.75) is 53.8 Å². The van der Waals surface area contributed by atoms with Gasteiger partial charge in [-0.1, -0.05) is 36.8 Å². The first kappa shape index (κ1) is 22.9. The predicted octanol–water partition coefficient (Wildman–Crippen LogP) is 5.87. The van der Waals surface area contributed by atoms with E-state index in [9.17, 15) is 0 Å². The van der Waals surface area contributed by atoms with Crippen molar-refractivity contribution in [1.29, 1.82) is 0 Å². The van der Waals surface area contributed by atoms with E-state index in [1.165, 1.54) is 27.8 Å². The Morgan fingerprint density at radius 2 is 1.73 bits per heavy atom. The van der Waals surface area contributed by atoms with Gasteiger partial charge in [0, 0.05) is 31.7 Å². The summed E-state index contributed by atoms with van der Waals surface area (Å²) in [4.78, 5) is 6.65. The lowest BCUT2D eigenvalue weighted by atomic mass is 10.00. The van der Waals surface area contributed by atoms with Gasteiger partial charge in [0.15, 0.2) is 5.96 Å². The van der Waals surface area contributed by atoms with E-state index < -0.39 is 0 Å². The van der Waals surface area contributed by atoms with Crippen LogP contribution in [0.2, 0.25) is 0 Å². The minimum atomic E-state index is 0.592. The molecule has 0 atom stereocenters. The zero-order valence-electron chi connectivity index (χ0n) is 20.1. The third kappa shape index (κ3) is 5.55. The zero-order chi connectivity index (χ0) is 23.4. The number of nitrogens with zero attached hydrogens (tertiary/aromatic N) is 2. The van der Waals surface area contributed by atoms with Crippen LogP contribution in [-0.4, -0.2) is 17.4 Å². The summed E-state index contributed by atoms with van der Waals surface area (Å²) in [5.41, 5.74) is 14.7. The molecule has 0 radical (unpaired) electrons. The van der Waals surface area contributed by atoms with Gasteiger partial charge >= 0.3 is 0 Å². The Balaban J connectivity index is 1.40. The van der Waals surface area contributed by atoms with Crippen molar-refractivity contribution in [3.05, 3.63) is 88.0 Å². The van der Waals surface area contributed by atoms with E-state index >= 15 is 0 Å². The molecule has 1 heterocycles. The predicted molar refractivity (Wildman–Crippen MR) is 136 cm³/mol. The number of aryl methyl sites for hydroxylation is 3. The molecular weight excluding hydrogens is 408 g/mol. The molecule has 3 aromatic rings. The van der Waals surface area contributed by atoms with E-state index in [4.69, 9.17) is 10.5 Å². The van der Waals surface area contributed by atoms with Crippen LogP contribution in [0, 0.1) is 20.8 Å². The van der Waals surface area contributed by atoms with Crippen LogP contribution in [0.25, 0.3) is 0 Å². The molecule has 0 spiro atoms. The maximum atomic E-state index is 6.20. The van der Waals surface area contributed by atoms with Gasteiger partial charge in [0.1, 0.15) is 11.5 Å². The summed E-state index contributed by atoms with van der Waals surface area (Å²) < 4.78 is 6.20. The number of aliphatic imine (C=N–C) groups is 1. The van der Waals surface area contributed by atoms with Crippen molar-refractivity contribution in [2.75, 3.05) is 6.54 Å². The van der Waals surface area contributed by atoms with Crippen molar-refractivity contribution in [3.63, 3.8) is 0 Å². The number of nitrogens with one attached hydrogen (secondary N) is 1. The van der Waals surface area contributed by atoms with Gasteiger partial charge in [-0.3, -0.25) is 0 Å². The van der Waals surface area contributed by atoms with E-state index in [2.05, 4.69) is 73.2 Å². The minimum Gasteiger partial charge on any atom is -0.457 e. The topological polar surface area (TPSA) is 62.9 Å². The molecule has 1 aliphatic rings. The van der Waals surface area contributed by atoms with Crippen LogP contribution in [-0.2, 0) is 19.6 Å². The fourth-order valence-corrected chi connectivity index (χ4v) is 4.48. The van der Waals surface area contributed by atoms with E-state index in [1.54, 1.807) is 0 Å². The first-order valence-electron chi connectivity index (χ1n) is 11.7. The Kier molecular flexibility index (Phi) is 6.99. The summed E-state index contributed by atoms with van der Waals surface area (Å²) in [5, 5.41) is 3.58. The minimum absolute atomic E-state index is 0.592. The molecule has 0 bridgehead atoms. The summed E-state index contributed by atoms with van der Waals surface area (Å²) in [6.07, 6.45) is 1.03. The molecule has 3 aromatic carbocycles. The van der Waals surface area contributed by atoms with Crippen LogP contribution in [0.5, 0.6) is 11.5 Å². The van der Waals surface area contributed by atoms with E-state index in [1.807, 2.05) is 24.3 Å². The monoisotopic (exact) mass is 442 g/mol. The molecule has 5 nitrogen and oxygen atoms in total. The molecule has 0 amide bonds. The SMILES string of the molecule is CCCN1Cc2cc(Oc3cccc(CNCc4c(C)cc(C)cc4C)c3)ccc2N=C1N. The number of rotatable bonds is 8. The molecule has 5 heteroatoms. The Morgan fingerprint density at radius 3 is 2.48 bits per heavy atom. The van der Waals surface area contributed by atoms with Crippen LogP contribution >= 0.6 is 0 Å². The lowest BCUT2D eigenvalue weighted by Crippen LogP contribution is -2.39. The Morgan fingerprint density at radius 1 is 0.970 bits per heavy atom. The smallest absolute Gasteiger partial charge is 0.196 e. The third-order valence-corrected chi connectivity index (χ3v) is 6.07. The summed E-state index contributed by atoms with van der Waals surface area (Å²) in [6, 6.07) is 18.8. The summed E-state index contributed by atoms with van der Waals surface area (Å²) in [5.74, 6) is 2.24. The van der Waals surface area contributed by atoms with Crippen LogP contribution in [0.3, 0.4) is 0 Å². The molecule has 33 heavy (non-hydrogen) atoms. The fraction of sp³-hybridized carbons (Fsp3) is 0.321. The molecule has 0 saturated carbocycles. The number of hydrogen-bond acceptors (Lipinski definition) is 5. The first-order chi connectivity index (χ1) is 15.9. The van der Waals surface area contributed by atoms with Gasteiger partial charge in [-0.2, -0.15) is 0 Å². The second kappa shape index (κ2) is 10.1. The molecule has 0 saturated heterocycles. The van der Waals surface area contributed by atoms with Crippen molar-refractivity contribution in [1.82, 2.24) is 10.2 Å². The van der Waals surface area contributed by atoms with Crippen LogP contribution in [0.4, 0.5) is 5.69 Å². The van der Waals surface area contributed by atoms with Gasteiger partial charge in [-0.05, 0) is 79.8 Å². The van der Waals surface area contributed by atoms with Crippen molar-refractivity contribution in [2.24, 2.45) is 10.7 Å². The zero-order valence-corrected chi connectivity index (χ0v) is 20.1. The quantitative estimate of drug-likeness (QED) is 0.458. The van der Waals surface area contributed by atoms with Gasteiger partial charge in [0.05, 0.1) is 5.69 Å². The number of fused-ring (bicyclic) bond motifs is 1. The van der Waals surface area contributed by atoms with Crippen molar-refractivity contribution in [3.8, 4) is 11.5 Å². The highest BCUT2D eigenvalue weighted by Crippen LogP contribution is 2.31. The Hall–Kier alpha value is -3.31. The number of ether oxygens (including phenoxy) is 1. The molecule has 0 aromatic heterocycles. The molecule has 0 fully saturated rings. The lowest BCUT2D eigenvalue weighted by Gasteiger charge is -2.28. The fourth-order valence-electron chi connectivity index (χ4n) is 4.48. The number of guanidine groups is 1. The standard InChI is InChI=1S/C28H34N4O/c1-5-11-32-18-23-15-25(9-10-27(23)31-28(32)29)33-24-8-6-7-22(14-24)16-30-17-26-20(3)12-19(2)13-21(26)4/h6-10,12-15,30H,5,11,16-18H2,1-4H3,(H2,29,31). The van der Waals surface area contributed by atoms with Gasteiger partial charge < -0.3 is 20.7 Å². The molecule has 0 unspecified atom stereocenters. The van der Waals surface area contributed by atoms with Crippen molar-refractivity contribution < 1.29 is 4.74 Å². The average molecular weight is 443 g/mol. The lowest BCUT2D eigenvalue weighted by molar-refractivity contribution is 0.400.